The third kappa shape index (κ3) is 4.02. The molecule has 2 rings (SSSR count). The number of allylic oxidation sites excluding steroid dienone is 1. The van der Waals surface area contributed by atoms with Crippen LogP contribution in [0.3, 0.4) is 0 Å². The number of nitrogens with zero attached hydrogens (tertiary/aromatic N) is 1. The Morgan fingerprint density at radius 1 is 1.38 bits per heavy atom. The average Bonchev–Trinajstić information content (AvgIpc) is 2.57. The molecule has 2 atom stereocenters. The number of hydrogen-bond acceptors (Lipinski definition) is 4. The SMILES string of the molecule is CCOC(=O)C1=C(C)N([C@@H](C)COC)C(=S)N[C@@H]1c1ccc(F)c(F)c1. The summed E-state index contributed by atoms with van der Waals surface area (Å²) in [5.41, 5.74) is 1.27. The molecule has 0 amide bonds. The Morgan fingerprint density at radius 2 is 2.08 bits per heavy atom. The molecule has 0 spiro atoms. The summed E-state index contributed by atoms with van der Waals surface area (Å²) >= 11 is 5.44. The molecule has 8 heteroatoms. The number of carbonyl (C=O) groups is 1. The maximum atomic E-state index is 13.7. The Kier molecular flexibility index (Phi) is 6.66. The zero-order chi connectivity index (χ0) is 19.4. The molecular weight excluding hydrogens is 362 g/mol. The number of nitrogens with one attached hydrogen (secondary N) is 1. The molecule has 1 heterocycles. The predicted octanol–water partition coefficient (Wildman–Crippen LogP) is 3.07. The van der Waals surface area contributed by atoms with Crippen molar-refractivity contribution >= 4 is 23.3 Å². The van der Waals surface area contributed by atoms with Crippen LogP contribution in [0, 0.1) is 11.6 Å². The zero-order valence-electron chi connectivity index (χ0n) is 15.1. The van der Waals surface area contributed by atoms with Gasteiger partial charge >= 0.3 is 5.97 Å². The van der Waals surface area contributed by atoms with Crippen LogP contribution < -0.4 is 5.32 Å². The van der Waals surface area contributed by atoms with Gasteiger partial charge in [0, 0.05) is 12.8 Å². The summed E-state index contributed by atoms with van der Waals surface area (Å²) in [6, 6.07) is 2.63. The van der Waals surface area contributed by atoms with Crippen molar-refractivity contribution in [3.05, 3.63) is 46.7 Å². The minimum atomic E-state index is -0.994. The van der Waals surface area contributed by atoms with Gasteiger partial charge in [0.25, 0.3) is 0 Å². The van der Waals surface area contributed by atoms with E-state index in [0.717, 1.165) is 12.1 Å². The smallest absolute Gasteiger partial charge is 0.338 e. The molecule has 0 saturated carbocycles. The molecule has 0 aromatic heterocycles. The third-order valence-corrected chi connectivity index (χ3v) is 4.46. The maximum absolute atomic E-state index is 13.7. The first-order valence-corrected chi connectivity index (χ1v) is 8.64. The van der Waals surface area contributed by atoms with E-state index in [4.69, 9.17) is 21.7 Å². The lowest BCUT2D eigenvalue weighted by atomic mass is 9.94. The van der Waals surface area contributed by atoms with Crippen LogP contribution in [-0.2, 0) is 14.3 Å². The molecule has 0 saturated heterocycles. The van der Waals surface area contributed by atoms with E-state index in [9.17, 15) is 13.6 Å². The number of halogens is 2. The molecule has 0 aliphatic carbocycles. The first-order chi connectivity index (χ1) is 12.3. The number of rotatable bonds is 6. The normalized spacial score (nSPS) is 18.6. The van der Waals surface area contributed by atoms with Crippen molar-refractivity contribution in [2.75, 3.05) is 20.3 Å². The molecule has 1 aliphatic heterocycles. The lowest BCUT2D eigenvalue weighted by Gasteiger charge is -2.40. The van der Waals surface area contributed by atoms with Crippen molar-refractivity contribution in [3.8, 4) is 0 Å². The highest BCUT2D eigenvalue weighted by Gasteiger charge is 2.36. The van der Waals surface area contributed by atoms with Crippen molar-refractivity contribution in [1.29, 1.82) is 0 Å². The molecule has 5 nitrogen and oxygen atoms in total. The van der Waals surface area contributed by atoms with E-state index < -0.39 is 23.6 Å². The molecule has 0 fully saturated rings. The fourth-order valence-electron chi connectivity index (χ4n) is 3.02. The van der Waals surface area contributed by atoms with Crippen molar-refractivity contribution in [2.45, 2.75) is 32.9 Å². The van der Waals surface area contributed by atoms with Gasteiger partial charge in [0.2, 0.25) is 0 Å². The minimum absolute atomic E-state index is 0.129. The number of methoxy groups -OCH3 is 1. The summed E-state index contributed by atoms with van der Waals surface area (Å²) in [6.07, 6.45) is 0. The van der Waals surface area contributed by atoms with Crippen LogP contribution in [0.15, 0.2) is 29.5 Å². The van der Waals surface area contributed by atoms with Crippen LogP contribution in [0.1, 0.15) is 32.4 Å². The fourth-order valence-corrected chi connectivity index (χ4v) is 3.45. The van der Waals surface area contributed by atoms with E-state index in [1.165, 1.54) is 6.07 Å². The molecule has 1 N–H and O–H groups in total. The highest BCUT2D eigenvalue weighted by molar-refractivity contribution is 7.80. The Labute approximate surface area is 157 Å². The van der Waals surface area contributed by atoms with Crippen molar-refractivity contribution in [1.82, 2.24) is 10.2 Å². The quantitative estimate of drug-likeness (QED) is 0.601. The van der Waals surface area contributed by atoms with Crippen molar-refractivity contribution in [3.63, 3.8) is 0 Å². The molecule has 1 aromatic carbocycles. The molecule has 26 heavy (non-hydrogen) atoms. The van der Waals surface area contributed by atoms with Gasteiger partial charge in [-0.25, -0.2) is 13.6 Å². The number of benzene rings is 1. The Morgan fingerprint density at radius 3 is 2.65 bits per heavy atom. The van der Waals surface area contributed by atoms with Crippen LogP contribution in [0.4, 0.5) is 8.78 Å². The van der Waals surface area contributed by atoms with Crippen molar-refractivity contribution < 1.29 is 23.0 Å². The summed E-state index contributed by atoms with van der Waals surface area (Å²) in [5, 5.41) is 3.41. The Hall–Kier alpha value is -2.06. The van der Waals surface area contributed by atoms with Crippen LogP contribution in [0.5, 0.6) is 0 Å². The van der Waals surface area contributed by atoms with Crippen LogP contribution >= 0.6 is 12.2 Å². The van der Waals surface area contributed by atoms with E-state index in [2.05, 4.69) is 5.32 Å². The van der Waals surface area contributed by atoms with Gasteiger partial charge < -0.3 is 19.7 Å². The zero-order valence-corrected chi connectivity index (χ0v) is 16.0. The Balaban J connectivity index is 2.55. The molecule has 0 radical (unpaired) electrons. The van der Waals surface area contributed by atoms with Gasteiger partial charge in [-0.2, -0.15) is 0 Å². The minimum Gasteiger partial charge on any atom is -0.463 e. The summed E-state index contributed by atoms with van der Waals surface area (Å²) in [5.74, 6) is -2.49. The first kappa shape index (κ1) is 20.3. The number of ether oxygens (including phenoxy) is 2. The molecular formula is C18H22F2N2O3S. The van der Waals surface area contributed by atoms with E-state index in [0.29, 0.717) is 28.6 Å². The van der Waals surface area contributed by atoms with Gasteiger partial charge in [-0.3, -0.25) is 0 Å². The average molecular weight is 384 g/mol. The second-order valence-corrected chi connectivity index (χ2v) is 6.34. The van der Waals surface area contributed by atoms with Gasteiger partial charge in [0.05, 0.1) is 30.9 Å². The number of carbonyl (C=O) groups excluding carboxylic acids is 1. The van der Waals surface area contributed by atoms with E-state index in [1.807, 2.05) is 6.92 Å². The van der Waals surface area contributed by atoms with Gasteiger partial charge in [-0.1, -0.05) is 6.07 Å². The molecule has 142 valence electrons. The fraction of sp³-hybridized carbons (Fsp3) is 0.444. The lowest BCUT2D eigenvalue weighted by molar-refractivity contribution is -0.139. The second-order valence-electron chi connectivity index (χ2n) is 5.95. The Bertz CT molecular complexity index is 739. The highest BCUT2D eigenvalue weighted by atomic mass is 32.1. The van der Waals surface area contributed by atoms with E-state index in [-0.39, 0.29) is 12.6 Å². The lowest BCUT2D eigenvalue weighted by Crippen LogP contribution is -2.52. The predicted molar refractivity (Wildman–Crippen MR) is 97.3 cm³/mol. The largest absolute Gasteiger partial charge is 0.463 e. The summed E-state index contributed by atoms with van der Waals surface area (Å²) < 4.78 is 37.4. The monoisotopic (exact) mass is 384 g/mol. The third-order valence-electron chi connectivity index (χ3n) is 4.15. The molecule has 0 unspecified atom stereocenters. The topological polar surface area (TPSA) is 50.8 Å². The maximum Gasteiger partial charge on any atom is 0.338 e. The van der Waals surface area contributed by atoms with Crippen LogP contribution in [0.2, 0.25) is 0 Å². The van der Waals surface area contributed by atoms with Crippen LogP contribution in [-0.4, -0.2) is 42.3 Å². The van der Waals surface area contributed by atoms with E-state index in [1.54, 1.807) is 25.9 Å². The number of thiocarbonyl (C=S) groups is 1. The summed E-state index contributed by atoms with van der Waals surface area (Å²) in [4.78, 5) is 14.4. The molecule has 1 aliphatic rings. The second kappa shape index (κ2) is 8.55. The standard InChI is InChI=1S/C18H22F2N2O3S/c1-5-25-17(23)15-11(3)22(10(2)9-24-4)18(26)21-16(15)12-6-7-13(19)14(20)8-12/h6-8,10,16H,5,9H2,1-4H3,(H,21,26)/t10-,16+/m0/s1. The molecule has 1 aromatic rings. The first-order valence-electron chi connectivity index (χ1n) is 8.23. The van der Waals surface area contributed by atoms with Gasteiger partial charge in [0.15, 0.2) is 16.7 Å². The highest BCUT2D eigenvalue weighted by Crippen LogP contribution is 2.33. The van der Waals surface area contributed by atoms with E-state index >= 15 is 0 Å². The van der Waals surface area contributed by atoms with Crippen molar-refractivity contribution in [2.24, 2.45) is 0 Å². The van der Waals surface area contributed by atoms with Crippen LogP contribution in [0.25, 0.3) is 0 Å². The van der Waals surface area contributed by atoms with Gasteiger partial charge in [-0.05, 0) is 50.7 Å². The van der Waals surface area contributed by atoms with Gasteiger partial charge in [-0.15, -0.1) is 0 Å². The van der Waals surface area contributed by atoms with Gasteiger partial charge in [0.1, 0.15) is 0 Å². The number of esters is 1. The molecule has 0 bridgehead atoms. The number of hydrogen-bond donors (Lipinski definition) is 1. The summed E-state index contributed by atoms with van der Waals surface area (Å²) in [6.45, 7) is 5.94. The summed E-state index contributed by atoms with van der Waals surface area (Å²) in [7, 11) is 1.58.